The van der Waals surface area contributed by atoms with Gasteiger partial charge in [0.1, 0.15) is 11.5 Å². The van der Waals surface area contributed by atoms with Gasteiger partial charge < -0.3 is 14.6 Å². The zero-order valence-electron chi connectivity index (χ0n) is 11.7. The van der Waals surface area contributed by atoms with Crippen LogP contribution in [0.1, 0.15) is 19.8 Å². The van der Waals surface area contributed by atoms with Gasteiger partial charge in [-0.25, -0.2) is 0 Å². The van der Waals surface area contributed by atoms with Crippen molar-refractivity contribution in [2.45, 2.75) is 25.9 Å². The minimum atomic E-state index is -0.331. The van der Waals surface area contributed by atoms with Crippen LogP contribution in [-0.2, 0) is 4.79 Å². The van der Waals surface area contributed by atoms with E-state index in [-0.39, 0.29) is 18.6 Å². The molecule has 1 saturated heterocycles. The fourth-order valence-electron chi connectivity index (χ4n) is 2.29. The summed E-state index contributed by atoms with van der Waals surface area (Å²) in [6.07, 6.45) is 1.39. The summed E-state index contributed by atoms with van der Waals surface area (Å²) in [6, 6.07) is 6.98. The van der Waals surface area contributed by atoms with Crippen molar-refractivity contribution in [3.8, 4) is 11.5 Å². The normalized spacial score (nSPS) is 19.6. The average Bonchev–Trinajstić information content (AvgIpc) is 2.41. The topological polar surface area (TPSA) is 59.0 Å². The van der Waals surface area contributed by atoms with Gasteiger partial charge in [0.25, 0.3) is 0 Å². The molecule has 1 N–H and O–H groups in total. The summed E-state index contributed by atoms with van der Waals surface area (Å²) in [5.41, 5.74) is 0. The van der Waals surface area contributed by atoms with Crippen LogP contribution in [-0.4, -0.2) is 48.3 Å². The molecule has 1 aromatic rings. The number of β-amino-alcohol motifs (C(OH)–C–C–N with tert-alkyl or cyclic N) is 1. The van der Waals surface area contributed by atoms with Gasteiger partial charge in [-0.2, -0.15) is 0 Å². The van der Waals surface area contributed by atoms with Crippen molar-refractivity contribution in [1.29, 1.82) is 0 Å². The molecule has 0 amide bonds. The van der Waals surface area contributed by atoms with Crippen LogP contribution >= 0.6 is 0 Å². The number of aliphatic hydroxyl groups excluding tert-OH is 1. The molecule has 0 spiro atoms. The quantitative estimate of drug-likeness (QED) is 0.653. The molecule has 5 heteroatoms. The Hall–Kier alpha value is -1.59. The van der Waals surface area contributed by atoms with E-state index in [1.54, 1.807) is 24.3 Å². The van der Waals surface area contributed by atoms with E-state index in [0.717, 1.165) is 25.1 Å². The van der Waals surface area contributed by atoms with E-state index in [2.05, 4.69) is 0 Å². The number of hydrogen-bond acceptors (Lipinski definition) is 5. The third-order valence-electron chi connectivity index (χ3n) is 3.20. The van der Waals surface area contributed by atoms with Crippen LogP contribution < -0.4 is 9.47 Å². The molecule has 1 fully saturated rings. The number of benzene rings is 1. The molecule has 0 radical (unpaired) electrons. The summed E-state index contributed by atoms with van der Waals surface area (Å²) in [6.45, 7) is 4.11. The predicted octanol–water partition coefficient (Wildman–Crippen LogP) is 1.45. The van der Waals surface area contributed by atoms with Crippen molar-refractivity contribution >= 4 is 5.97 Å². The van der Waals surface area contributed by atoms with Crippen LogP contribution in [0.3, 0.4) is 0 Å². The first-order valence-electron chi connectivity index (χ1n) is 7.01. The first-order valence-corrected chi connectivity index (χ1v) is 7.01. The van der Waals surface area contributed by atoms with Crippen molar-refractivity contribution in [1.82, 2.24) is 4.90 Å². The molecule has 0 bridgehead atoms. The molecule has 1 unspecified atom stereocenters. The number of aliphatic hydroxyl groups is 1. The molecule has 0 aliphatic carbocycles. The van der Waals surface area contributed by atoms with Gasteiger partial charge in [-0.1, -0.05) is 0 Å². The van der Waals surface area contributed by atoms with Crippen LogP contribution in [0.5, 0.6) is 11.5 Å². The Morgan fingerprint density at radius 3 is 2.70 bits per heavy atom. The summed E-state index contributed by atoms with van der Waals surface area (Å²) < 4.78 is 10.6. The minimum Gasteiger partial charge on any atom is -0.494 e. The van der Waals surface area contributed by atoms with E-state index >= 15 is 0 Å². The monoisotopic (exact) mass is 279 g/mol. The summed E-state index contributed by atoms with van der Waals surface area (Å²) in [4.78, 5) is 13.7. The highest BCUT2D eigenvalue weighted by molar-refractivity contribution is 5.74. The molecular weight excluding hydrogens is 258 g/mol. The zero-order valence-corrected chi connectivity index (χ0v) is 11.7. The summed E-state index contributed by atoms with van der Waals surface area (Å²) in [7, 11) is 0. The molecular formula is C15H21NO4. The third kappa shape index (κ3) is 4.51. The lowest BCUT2D eigenvalue weighted by Gasteiger charge is -2.28. The smallest absolute Gasteiger partial charge is 0.325 e. The van der Waals surface area contributed by atoms with E-state index in [0.29, 0.717) is 18.9 Å². The van der Waals surface area contributed by atoms with Gasteiger partial charge in [0.05, 0.1) is 19.3 Å². The maximum atomic E-state index is 11.8. The van der Waals surface area contributed by atoms with Gasteiger partial charge in [0.2, 0.25) is 0 Å². The van der Waals surface area contributed by atoms with Gasteiger partial charge >= 0.3 is 5.97 Å². The average molecular weight is 279 g/mol. The van der Waals surface area contributed by atoms with Gasteiger partial charge in [0.15, 0.2) is 0 Å². The van der Waals surface area contributed by atoms with Gasteiger partial charge in [-0.15, -0.1) is 0 Å². The maximum absolute atomic E-state index is 11.8. The Bertz CT molecular complexity index is 432. The molecule has 0 aromatic heterocycles. The lowest BCUT2D eigenvalue weighted by molar-refractivity contribution is -0.136. The summed E-state index contributed by atoms with van der Waals surface area (Å²) in [5.74, 6) is 0.964. The van der Waals surface area contributed by atoms with E-state index < -0.39 is 0 Å². The number of nitrogens with zero attached hydrogens (tertiary/aromatic N) is 1. The fraction of sp³-hybridized carbons (Fsp3) is 0.533. The molecule has 20 heavy (non-hydrogen) atoms. The Morgan fingerprint density at radius 2 is 2.05 bits per heavy atom. The van der Waals surface area contributed by atoms with Crippen LogP contribution in [0.25, 0.3) is 0 Å². The molecule has 5 nitrogen and oxygen atoms in total. The lowest BCUT2D eigenvalue weighted by atomic mass is 10.1. The molecule has 1 atom stereocenters. The van der Waals surface area contributed by atoms with E-state index in [1.165, 1.54) is 0 Å². The number of carbonyl (C=O) groups excluding carboxylic acids is 1. The van der Waals surface area contributed by atoms with Crippen LogP contribution in [0.4, 0.5) is 0 Å². The summed E-state index contributed by atoms with van der Waals surface area (Å²) >= 11 is 0. The molecule has 110 valence electrons. The third-order valence-corrected chi connectivity index (χ3v) is 3.20. The van der Waals surface area contributed by atoms with Crippen molar-refractivity contribution in [3.05, 3.63) is 24.3 Å². The van der Waals surface area contributed by atoms with E-state index in [4.69, 9.17) is 9.47 Å². The Balaban J connectivity index is 1.81. The molecule has 2 rings (SSSR count). The van der Waals surface area contributed by atoms with Crippen molar-refractivity contribution < 1.29 is 19.4 Å². The number of ether oxygens (including phenoxy) is 2. The Kier molecular flexibility index (Phi) is 5.38. The van der Waals surface area contributed by atoms with Crippen molar-refractivity contribution in [2.75, 3.05) is 26.2 Å². The van der Waals surface area contributed by atoms with Crippen molar-refractivity contribution in [2.24, 2.45) is 0 Å². The number of piperidine rings is 1. The number of hydrogen-bond donors (Lipinski definition) is 1. The Labute approximate surface area is 119 Å². The minimum absolute atomic E-state index is 0.213. The van der Waals surface area contributed by atoms with Gasteiger partial charge in [0, 0.05) is 6.54 Å². The summed E-state index contributed by atoms with van der Waals surface area (Å²) in [5, 5.41) is 9.56. The number of esters is 1. The highest BCUT2D eigenvalue weighted by atomic mass is 16.5. The second kappa shape index (κ2) is 7.26. The van der Waals surface area contributed by atoms with E-state index in [1.807, 2.05) is 11.8 Å². The Morgan fingerprint density at radius 1 is 1.35 bits per heavy atom. The second-order valence-corrected chi connectivity index (χ2v) is 4.91. The van der Waals surface area contributed by atoms with Crippen molar-refractivity contribution in [3.63, 3.8) is 0 Å². The number of likely N-dealkylation sites (tertiary alicyclic amines) is 1. The lowest BCUT2D eigenvalue weighted by Crippen LogP contribution is -2.42. The standard InChI is InChI=1S/C15H21NO4/c1-2-19-13-5-7-14(8-6-13)20-15(18)11-16-9-3-4-12(17)10-16/h5-8,12,17H,2-4,9-11H2,1H3. The predicted molar refractivity (Wildman–Crippen MR) is 74.9 cm³/mol. The highest BCUT2D eigenvalue weighted by Crippen LogP contribution is 2.18. The molecule has 1 aromatic carbocycles. The van der Waals surface area contributed by atoms with Crippen LogP contribution in [0.2, 0.25) is 0 Å². The molecule has 1 aliphatic rings. The molecule has 1 aliphatic heterocycles. The molecule has 1 heterocycles. The van der Waals surface area contributed by atoms with E-state index in [9.17, 15) is 9.90 Å². The van der Waals surface area contributed by atoms with Gasteiger partial charge in [-0.05, 0) is 50.6 Å². The highest BCUT2D eigenvalue weighted by Gasteiger charge is 2.20. The first kappa shape index (κ1) is 14.8. The fourth-order valence-corrected chi connectivity index (χ4v) is 2.29. The number of rotatable bonds is 5. The second-order valence-electron chi connectivity index (χ2n) is 4.91. The zero-order chi connectivity index (χ0) is 14.4. The van der Waals surface area contributed by atoms with Crippen LogP contribution in [0.15, 0.2) is 24.3 Å². The molecule has 0 saturated carbocycles. The number of carbonyl (C=O) groups is 1. The van der Waals surface area contributed by atoms with Crippen LogP contribution in [0, 0.1) is 0 Å². The SMILES string of the molecule is CCOc1ccc(OC(=O)CN2CCCC(O)C2)cc1. The maximum Gasteiger partial charge on any atom is 0.325 e. The largest absolute Gasteiger partial charge is 0.494 e. The first-order chi connectivity index (χ1) is 9.67. The van der Waals surface area contributed by atoms with Gasteiger partial charge in [-0.3, -0.25) is 9.69 Å².